The van der Waals surface area contributed by atoms with Gasteiger partial charge in [0.2, 0.25) is 5.88 Å². The second-order valence-corrected chi connectivity index (χ2v) is 6.69. The number of imidazole rings is 1. The summed E-state index contributed by atoms with van der Waals surface area (Å²) in [6.45, 7) is 1.76. The van der Waals surface area contributed by atoms with E-state index in [4.69, 9.17) is 10.5 Å². The third-order valence-electron chi connectivity index (χ3n) is 4.67. The number of H-pyrrole nitrogens is 1. The molecule has 0 spiro atoms. The van der Waals surface area contributed by atoms with E-state index in [-0.39, 0.29) is 29.8 Å². The molecule has 0 saturated heterocycles. The standard InChI is InChI=1S/C18H24N6O3/c1-10-15(24-18(19)21-10)17(26)23-13-5-3-4-12(8-13)22-16(25)11-6-7-14(27-2)20-9-11/h6-7,9,12-13H,3-5,8H2,1-2H3,(H,22,25)(H,23,26)(H3,19,21,24)/t12-,13-/m1/s1. The van der Waals surface area contributed by atoms with Crippen LogP contribution in [-0.2, 0) is 0 Å². The van der Waals surface area contributed by atoms with Crippen molar-refractivity contribution in [1.29, 1.82) is 0 Å². The zero-order valence-corrected chi connectivity index (χ0v) is 15.4. The van der Waals surface area contributed by atoms with Gasteiger partial charge in [0.05, 0.1) is 12.7 Å². The van der Waals surface area contributed by atoms with Crippen LogP contribution in [0.3, 0.4) is 0 Å². The first-order valence-electron chi connectivity index (χ1n) is 8.90. The Kier molecular flexibility index (Phi) is 5.58. The molecule has 1 aliphatic rings. The van der Waals surface area contributed by atoms with E-state index in [0.29, 0.717) is 29.3 Å². The Balaban J connectivity index is 1.56. The highest BCUT2D eigenvalue weighted by Gasteiger charge is 2.26. The lowest BCUT2D eigenvalue weighted by Crippen LogP contribution is -2.46. The van der Waals surface area contributed by atoms with Crippen LogP contribution >= 0.6 is 0 Å². The molecule has 2 atom stereocenters. The van der Waals surface area contributed by atoms with Crippen molar-refractivity contribution in [2.45, 2.75) is 44.7 Å². The first-order chi connectivity index (χ1) is 13.0. The summed E-state index contributed by atoms with van der Waals surface area (Å²) in [6, 6.07) is 3.29. The van der Waals surface area contributed by atoms with Crippen molar-refractivity contribution in [3.8, 4) is 5.88 Å². The number of pyridine rings is 1. The number of nitrogens with two attached hydrogens (primary N) is 1. The van der Waals surface area contributed by atoms with Crippen molar-refractivity contribution >= 4 is 17.8 Å². The number of hydrogen-bond acceptors (Lipinski definition) is 6. The van der Waals surface area contributed by atoms with E-state index in [2.05, 4.69) is 25.6 Å². The Morgan fingerprint density at radius 1 is 1.22 bits per heavy atom. The van der Waals surface area contributed by atoms with Crippen LogP contribution in [0.5, 0.6) is 5.88 Å². The Morgan fingerprint density at radius 2 is 1.93 bits per heavy atom. The number of carbonyl (C=O) groups is 2. The van der Waals surface area contributed by atoms with Gasteiger partial charge in [0.1, 0.15) is 0 Å². The molecule has 0 unspecified atom stereocenters. The Morgan fingerprint density at radius 3 is 2.48 bits per heavy atom. The van der Waals surface area contributed by atoms with Crippen LogP contribution in [0.15, 0.2) is 18.3 Å². The second kappa shape index (κ2) is 8.07. The van der Waals surface area contributed by atoms with Gasteiger partial charge in [0.15, 0.2) is 11.6 Å². The van der Waals surface area contributed by atoms with E-state index in [1.807, 2.05) is 0 Å². The Labute approximate surface area is 157 Å². The minimum Gasteiger partial charge on any atom is -0.481 e. The number of hydrogen-bond donors (Lipinski definition) is 4. The van der Waals surface area contributed by atoms with Crippen LogP contribution in [0.4, 0.5) is 5.95 Å². The molecule has 2 amide bonds. The van der Waals surface area contributed by atoms with Crippen LogP contribution in [0.25, 0.3) is 0 Å². The topological polar surface area (TPSA) is 135 Å². The van der Waals surface area contributed by atoms with Gasteiger partial charge in [0.25, 0.3) is 11.8 Å². The van der Waals surface area contributed by atoms with E-state index in [1.54, 1.807) is 19.1 Å². The number of aryl methyl sites for hydroxylation is 1. The highest BCUT2D eigenvalue weighted by molar-refractivity contribution is 5.94. The zero-order valence-electron chi connectivity index (χ0n) is 15.4. The van der Waals surface area contributed by atoms with E-state index in [1.165, 1.54) is 13.3 Å². The molecule has 9 nitrogen and oxygen atoms in total. The molecule has 2 heterocycles. The summed E-state index contributed by atoms with van der Waals surface area (Å²) in [5, 5.41) is 6.01. The van der Waals surface area contributed by atoms with Crippen LogP contribution in [0.2, 0.25) is 0 Å². The SMILES string of the molecule is COc1ccc(C(=O)N[C@@H]2CCC[C@@H](NC(=O)c3nc(N)[nH]c3C)C2)cn1. The molecule has 1 saturated carbocycles. The van der Waals surface area contributed by atoms with Gasteiger partial charge in [-0.3, -0.25) is 9.59 Å². The molecule has 1 aliphatic carbocycles. The maximum atomic E-state index is 12.4. The summed E-state index contributed by atoms with van der Waals surface area (Å²) >= 11 is 0. The quantitative estimate of drug-likeness (QED) is 0.622. The third-order valence-corrected chi connectivity index (χ3v) is 4.67. The number of amides is 2. The number of rotatable bonds is 5. The number of ether oxygens (including phenoxy) is 1. The molecule has 2 aromatic heterocycles. The lowest BCUT2D eigenvalue weighted by molar-refractivity contribution is 0.0900. The van der Waals surface area contributed by atoms with Crippen LogP contribution in [-0.4, -0.2) is 46.0 Å². The van der Waals surface area contributed by atoms with Gasteiger partial charge in [-0.1, -0.05) is 0 Å². The molecule has 2 aromatic rings. The van der Waals surface area contributed by atoms with E-state index >= 15 is 0 Å². The highest BCUT2D eigenvalue weighted by atomic mass is 16.5. The number of carbonyl (C=O) groups excluding carboxylic acids is 2. The maximum absolute atomic E-state index is 12.4. The maximum Gasteiger partial charge on any atom is 0.272 e. The van der Waals surface area contributed by atoms with Crippen molar-refractivity contribution in [1.82, 2.24) is 25.6 Å². The lowest BCUT2D eigenvalue weighted by Gasteiger charge is -2.30. The third kappa shape index (κ3) is 4.55. The number of aromatic amines is 1. The first-order valence-corrected chi connectivity index (χ1v) is 8.90. The number of anilines is 1. The van der Waals surface area contributed by atoms with Gasteiger partial charge in [-0.2, -0.15) is 0 Å². The smallest absolute Gasteiger partial charge is 0.272 e. The minimum atomic E-state index is -0.253. The minimum absolute atomic E-state index is 0.0102. The summed E-state index contributed by atoms with van der Waals surface area (Å²) in [4.78, 5) is 35.7. The second-order valence-electron chi connectivity index (χ2n) is 6.69. The molecule has 5 N–H and O–H groups in total. The Bertz CT molecular complexity index is 817. The molecular weight excluding hydrogens is 348 g/mol. The monoisotopic (exact) mass is 372 g/mol. The molecule has 0 radical (unpaired) electrons. The zero-order chi connectivity index (χ0) is 19.4. The van der Waals surface area contributed by atoms with Crippen molar-refractivity contribution in [2.24, 2.45) is 0 Å². The predicted octanol–water partition coefficient (Wildman–Crippen LogP) is 1.17. The Hall–Kier alpha value is -3.10. The van der Waals surface area contributed by atoms with Gasteiger partial charge < -0.3 is 26.1 Å². The van der Waals surface area contributed by atoms with Crippen molar-refractivity contribution in [3.05, 3.63) is 35.3 Å². The summed E-state index contributed by atoms with van der Waals surface area (Å²) in [5.74, 6) is 0.246. The first kappa shape index (κ1) is 18.7. The van der Waals surface area contributed by atoms with Crippen LogP contribution in [0.1, 0.15) is 52.2 Å². The molecule has 0 aliphatic heterocycles. The predicted molar refractivity (Wildman–Crippen MR) is 99.5 cm³/mol. The molecule has 144 valence electrons. The summed E-state index contributed by atoms with van der Waals surface area (Å²) < 4.78 is 5.00. The van der Waals surface area contributed by atoms with Crippen molar-refractivity contribution < 1.29 is 14.3 Å². The lowest BCUT2D eigenvalue weighted by atomic mass is 9.90. The van der Waals surface area contributed by atoms with Gasteiger partial charge in [-0.15, -0.1) is 0 Å². The van der Waals surface area contributed by atoms with Gasteiger partial charge in [-0.05, 0) is 38.7 Å². The van der Waals surface area contributed by atoms with Crippen molar-refractivity contribution in [3.63, 3.8) is 0 Å². The van der Waals surface area contributed by atoms with Gasteiger partial charge in [-0.25, -0.2) is 9.97 Å². The fourth-order valence-corrected chi connectivity index (χ4v) is 3.31. The van der Waals surface area contributed by atoms with Crippen LogP contribution < -0.4 is 21.1 Å². The van der Waals surface area contributed by atoms with Gasteiger partial charge >= 0.3 is 0 Å². The number of nitrogen functional groups attached to an aromatic ring is 1. The number of nitrogens with zero attached hydrogens (tertiary/aromatic N) is 2. The van der Waals surface area contributed by atoms with E-state index in [0.717, 1.165) is 19.3 Å². The number of aromatic nitrogens is 3. The average molecular weight is 372 g/mol. The fraction of sp³-hybridized carbons (Fsp3) is 0.444. The number of nitrogens with one attached hydrogen (secondary N) is 3. The normalized spacial score (nSPS) is 19.3. The van der Waals surface area contributed by atoms with Crippen LogP contribution in [0, 0.1) is 6.92 Å². The molecule has 1 fully saturated rings. The van der Waals surface area contributed by atoms with Crippen molar-refractivity contribution in [2.75, 3.05) is 12.8 Å². The molecule has 3 rings (SSSR count). The summed E-state index contributed by atoms with van der Waals surface area (Å²) in [7, 11) is 1.53. The average Bonchev–Trinajstić information content (AvgIpc) is 3.00. The molecule has 0 bridgehead atoms. The highest BCUT2D eigenvalue weighted by Crippen LogP contribution is 2.20. The van der Waals surface area contributed by atoms with E-state index < -0.39 is 0 Å². The largest absolute Gasteiger partial charge is 0.481 e. The summed E-state index contributed by atoms with van der Waals surface area (Å²) in [6.07, 6.45) is 4.80. The van der Waals surface area contributed by atoms with E-state index in [9.17, 15) is 9.59 Å². The molecule has 9 heteroatoms. The summed E-state index contributed by atoms with van der Waals surface area (Å²) in [5.41, 5.74) is 7.02. The molecule has 27 heavy (non-hydrogen) atoms. The fourth-order valence-electron chi connectivity index (χ4n) is 3.31. The molecular formula is C18H24N6O3. The number of methoxy groups -OCH3 is 1. The molecule has 0 aromatic carbocycles. The van der Waals surface area contributed by atoms with Gasteiger partial charge in [0, 0.05) is 30.0 Å².